The van der Waals surface area contributed by atoms with Crippen LogP contribution < -0.4 is 10.6 Å². The van der Waals surface area contributed by atoms with Crippen molar-refractivity contribution in [3.05, 3.63) is 68.8 Å². The van der Waals surface area contributed by atoms with Gasteiger partial charge >= 0.3 is 6.03 Å². The normalized spacial score (nSPS) is 16.7. The molecular weight excluding hydrogens is 411 g/mol. The van der Waals surface area contributed by atoms with E-state index in [0.29, 0.717) is 26.3 Å². The number of carbonyl (C=O) groups excluding carboxylic acids is 2. The molecule has 27 heavy (non-hydrogen) atoms. The third-order valence-electron chi connectivity index (χ3n) is 3.69. The molecule has 3 amide bonds. The van der Waals surface area contributed by atoms with Gasteiger partial charge in [0.2, 0.25) is 5.96 Å². The van der Waals surface area contributed by atoms with Crippen molar-refractivity contribution < 1.29 is 9.59 Å². The Hall–Kier alpha value is -2.54. The predicted octanol–water partition coefficient (Wildman–Crippen LogP) is 4.64. The summed E-state index contributed by atoms with van der Waals surface area (Å²) in [5, 5.41) is 6.31. The maximum atomic E-state index is 12.3. The van der Waals surface area contributed by atoms with Gasteiger partial charge in [0.05, 0.1) is 10.0 Å². The molecule has 0 saturated carbocycles. The number of guanidine groups is 1. The number of anilines is 1. The summed E-state index contributed by atoms with van der Waals surface area (Å²) in [5.41, 5.74) is 1.34. The van der Waals surface area contributed by atoms with E-state index in [1.807, 2.05) is 0 Å². The number of nitrogens with zero attached hydrogens (tertiary/aromatic N) is 2. The fourth-order valence-corrected chi connectivity index (χ4v) is 2.93. The van der Waals surface area contributed by atoms with E-state index in [9.17, 15) is 9.59 Å². The Balaban J connectivity index is 1.81. The fraction of sp³-hybridized carbons (Fsp3) is 0.0556. The number of hydrogen-bond donors (Lipinski definition) is 2. The van der Waals surface area contributed by atoms with Crippen LogP contribution in [-0.2, 0) is 4.79 Å². The minimum atomic E-state index is -0.651. The first-order valence-electron chi connectivity index (χ1n) is 7.71. The van der Waals surface area contributed by atoms with Crippen LogP contribution >= 0.6 is 34.8 Å². The van der Waals surface area contributed by atoms with E-state index in [1.54, 1.807) is 55.6 Å². The Bertz CT molecular complexity index is 988. The second-order valence-corrected chi connectivity index (χ2v) is 6.78. The van der Waals surface area contributed by atoms with Gasteiger partial charge < -0.3 is 10.2 Å². The topological polar surface area (TPSA) is 73.8 Å². The molecule has 1 heterocycles. The van der Waals surface area contributed by atoms with E-state index >= 15 is 0 Å². The molecule has 0 atom stereocenters. The highest BCUT2D eigenvalue weighted by Crippen LogP contribution is 2.28. The molecule has 2 aromatic carbocycles. The number of amides is 3. The van der Waals surface area contributed by atoms with Crippen molar-refractivity contribution in [2.45, 2.75) is 0 Å². The number of aliphatic imine (C=N–C) groups is 1. The standard InChI is InChI=1S/C18H13Cl3N4O2/c1-25-14(8-10-4-2-7-13(20)15(10)21)16(26)23-17(25)24-18(27)22-12-6-3-5-11(19)9-12/h2-9H,1H3,(H2,22,23,24,26,27). The molecule has 1 aliphatic rings. The average Bonchev–Trinajstić information content (AvgIpc) is 2.86. The molecule has 1 fully saturated rings. The van der Waals surface area contributed by atoms with Crippen LogP contribution in [0.5, 0.6) is 0 Å². The van der Waals surface area contributed by atoms with Crippen LogP contribution in [0.4, 0.5) is 10.5 Å². The molecule has 0 aromatic heterocycles. The van der Waals surface area contributed by atoms with Crippen molar-refractivity contribution in [2.75, 3.05) is 12.4 Å². The summed E-state index contributed by atoms with van der Waals surface area (Å²) in [7, 11) is 1.60. The number of benzene rings is 2. The molecule has 0 bridgehead atoms. The van der Waals surface area contributed by atoms with Crippen molar-refractivity contribution in [2.24, 2.45) is 4.99 Å². The van der Waals surface area contributed by atoms with Gasteiger partial charge in [0.25, 0.3) is 5.91 Å². The van der Waals surface area contributed by atoms with E-state index in [-0.39, 0.29) is 11.7 Å². The Kier molecular flexibility index (Phi) is 5.70. The Morgan fingerprint density at radius 3 is 2.67 bits per heavy atom. The summed E-state index contributed by atoms with van der Waals surface area (Å²) in [6, 6.07) is 11.1. The second kappa shape index (κ2) is 8.00. The zero-order valence-corrected chi connectivity index (χ0v) is 16.2. The highest BCUT2D eigenvalue weighted by atomic mass is 35.5. The van der Waals surface area contributed by atoms with E-state index in [1.165, 1.54) is 4.90 Å². The second-order valence-electron chi connectivity index (χ2n) is 5.56. The van der Waals surface area contributed by atoms with Gasteiger partial charge in [-0.05, 0) is 35.9 Å². The Morgan fingerprint density at radius 2 is 1.93 bits per heavy atom. The first-order valence-corrected chi connectivity index (χ1v) is 8.84. The van der Waals surface area contributed by atoms with E-state index in [0.717, 1.165) is 0 Å². The van der Waals surface area contributed by atoms with Gasteiger partial charge in [-0.3, -0.25) is 10.1 Å². The minimum absolute atomic E-state index is 0.0870. The number of rotatable bonds is 2. The summed E-state index contributed by atoms with van der Waals surface area (Å²) >= 11 is 18.0. The molecule has 6 nitrogen and oxygen atoms in total. The number of carbonyl (C=O) groups is 2. The van der Waals surface area contributed by atoms with Crippen molar-refractivity contribution >= 4 is 64.5 Å². The average molecular weight is 424 g/mol. The molecule has 2 aromatic rings. The number of hydrogen-bond acceptors (Lipinski definition) is 2. The predicted molar refractivity (Wildman–Crippen MR) is 108 cm³/mol. The molecule has 2 N–H and O–H groups in total. The molecule has 3 rings (SSSR count). The summed E-state index contributed by atoms with van der Waals surface area (Å²) in [6.45, 7) is 0. The summed E-state index contributed by atoms with van der Waals surface area (Å²) in [5.74, 6) is -0.327. The highest BCUT2D eigenvalue weighted by molar-refractivity contribution is 6.43. The molecule has 1 aliphatic heterocycles. The van der Waals surface area contributed by atoms with Gasteiger partial charge in [0.1, 0.15) is 5.70 Å². The fourth-order valence-electron chi connectivity index (χ4n) is 2.37. The lowest BCUT2D eigenvalue weighted by Crippen LogP contribution is -2.29. The van der Waals surface area contributed by atoms with Crippen LogP contribution in [0.2, 0.25) is 15.1 Å². The lowest BCUT2D eigenvalue weighted by Gasteiger charge is -2.11. The summed E-state index contributed by atoms with van der Waals surface area (Å²) < 4.78 is 0. The van der Waals surface area contributed by atoms with Gasteiger partial charge in [-0.15, -0.1) is 0 Å². The Labute approximate surface area is 170 Å². The zero-order valence-electron chi connectivity index (χ0n) is 14.0. The third kappa shape index (κ3) is 4.42. The lowest BCUT2D eigenvalue weighted by atomic mass is 10.2. The maximum Gasteiger partial charge on any atom is 0.348 e. The number of nitrogens with one attached hydrogen (secondary N) is 2. The van der Waals surface area contributed by atoms with E-state index in [2.05, 4.69) is 15.6 Å². The first-order chi connectivity index (χ1) is 12.8. The summed E-state index contributed by atoms with van der Waals surface area (Å²) in [6.07, 6.45) is 1.57. The summed E-state index contributed by atoms with van der Waals surface area (Å²) in [4.78, 5) is 29.7. The highest BCUT2D eigenvalue weighted by Gasteiger charge is 2.29. The van der Waals surface area contributed by atoms with Crippen molar-refractivity contribution in [3.63, 3.8) is 0 Å². The van der Waals surface area contributed by atoms with E-state index < -0.39 is 11.9 Å². The van der Waals surface area contributed by atoms with Crippen LogP contribution in [0.1, 0.15) is 5.56 Å². The van der Waals surface area contributed by atoms with Crippen molar-refractivity contribution in [3.8, 4) is 0 Å². The van der Waals surface area contributed by atoms with E-state index in [4.69, 9.17) is 34.8 Å². The van der Waals surface area contributed by atoms with Crippen LogP contribution in [0.3, 0.4) is 0 Å². The number of likely N-dealkylation sites (N-methyl/N-ethyl adjacent to an activating group) is 1. The number of halogens is 3. The lowest BCUT2D eigenvalue weighted by molar-refractivity contribution is -0.115. The monoisotopic (exact) mass is 422 g/mol. The SMILES string of the molecule is CN1C(=Cc2cccc(Cl)c2Cl)C(=O)NC1=NC(=O)Nc1cccc(Cl)c1. The van der Waals surface area contributed by atoms with Crippen molar-refractivity contribution in [1.29, 1.82) is 0 Å². The van der Waals surface area contributed by atoms with Gasteiger partial charge in [0.15, 0.2) is 0 Å². The smallest absolute Gasteiger partial charge is 0.310 e. The molecule has 0 spiro atoms. The molecule has 0 aliphatic carbocycles. The van der Waals surface area contributed by atoms with Crippen molar-refractivity contribution in [1.82, 2.24) is 10.2 Å². The zero-order chi connectivity index (χ0) is 19.6. The quantitative estimate of drug-likeness (QED) is 0.691. The van der Waals surface area contributed by atoms with Crippen LogP contribution in [-0.4, -0.2) is 29.8 Å². The van der Waals surface area contributed by atoms with Crippen LogP contribution in [0.25, 0.3) is 6.08 Å². The maximum absolute atomic E-state index is 12.3. The van der Waals surface area contributed by atoms with Gasteiger partial charge in [-0.2, -0.15) is 4.99 Å². The van der Waals surface area contributed by atoms with Gasteiger partial charge in [0, 0.05) is 17.8 Å². The molecule has 1 saturated heterocycles. The largest absolute Gasteiger partial charge is 0.348 e. The minimum Gasteiger partial charge on any atom is -0.310 e. The Morgan fingerprint density at radius 1 is 1.19 bits per heavy atom. The molecular formula is C18H13Cl3N4O2. The van der Waals surface area contributed by atoms with Crippen LogP contribution in [0, 0.1) is 0 Å². The van der Waals surface area contributed by atoms with Gasteiger partial charge in [-0.25, -0.2) is 4.79 Å². The molecule has 138 valence electrons. The molecule has 0 radical (unpaired) electrons. The molecule has 0 unspecified atom stereocenters. The number of urea groups is 1. The van der Waals surface area contributed by atoms with Crippen LogP contribution in [0.15, 0.2) is 53.2 Å². The molecule has 9 heteroatoms. The third-order valence-corrected chi connectivity index (χ3v) is 4.76. The first kappa shape index (κ1) is 19.2. The van der Waals surface area contributed by atoms with Gasteiger partial charge in [-0.1, -0.05) is 53.0 Å².